The summed E-state index contributed by atoms with van der Waals surface area (Å²) < 4.78 is 0. The normalized spacial score (nSPS) is 17.4. The van der Waals surface area contributed by atoms with E-state index in [1.807, 2.05) is 19.9 Å². The van der Waals surface area contributed by atoms with Gasteiger partial charge in [-0.1, -0.05) is 24.6 Å². The molecule has 1 N–H and O–H groups in total. The molecule has 5 nitrogen and oxygen atoms in total. The van der Waals surface area contributed by atoms with Crippen LogP contribution in [0.25, 0.3) is 0 Å². The van der Waals surface area contributed by atoms with Gasteiger partial charge in [-0.3, -0.25) is 4.79 Å². The molecule has 2 aromatic rings. The molecule has 1 aromatic heterocycles. The Kier molecular flexibility index (Phi) is 5.23. The molecule has 0 spiro atoms. The number of nitrogens with zero attached hydrogens (tertiary/aromatic N) is 3. The molecule has 0 saturated carbocycles. The van der Waals surface area contributed by atoms with Gasteiger partial charge in [-0.25, -0.2) is 9.97 Å². The highest BCUT2D eigenvalue weighted by Gasteiger charge is 2.20. The Morgan fingerprint density at radius 1 is 1.28 bits per heavy atom. The van der Waals surface area contributed by atoms with Gasteiger partial charge < -0.3 is 10.2 Å². The monoisotopic (exact) mass is 358 g/mol. The van der Waals surface area contributed by atoms with E-state index in [0.717, 1.165) is 30.8 Å². The van der Waals surface area contributed by atoms with E-state index < -0.39 is 0 Å². The van der Waals surface area contributed by atoms with Gasteiger partial charge in [0.05, 0.1) is 0 Å². The molecule has 132 valence electrons. The van der Waals surface area contributed by atoms with E-state index in [2.05, 4.69) is 27.1 Å². The number of carbonyl (C=O) groups excluding carboxylic acids is 1. The van der Waals surface area contributed by atoms with Gasteiger partial charge in [0.25, 0.3) is 5.91 Å². The summed E-state index contributed by atoms with van der Waals surface area (Å²) in [6.45, 7) is 7.91. The summed E-state index contributed by atoms with van der Waals surface area (Å²) in [7, 11) is 0. The van der Waals surface area contributed by atoms with Crippen molar-refractivity contribution in [3.63, 3.8) is 0 Å². The molecule has 2 heterocycles. The molecule has 1 saturated heterocycles. The Morgan fingerprint density at radius 2 is 2.08 bits per heavy atom. The number of benzene rings is 1. The summed E-state index contributed by atoms with van der Waals surface area (Å²) in [5.41, 5.74) is 2.81. The fraction of sp³-hybridized carbons (Fsp3) is 0.421. The van der Waals surface area contributed by atoms with Crippen LogP contribution >= 0.6 is 11.6 Å². The van der Waals surface area contributed by atoms with Gasteiger partial charge in [0, 0.05) is 29.5 Å². The Bertz CT molecular complexity index is 793. The minimum atomic E-state index is -0.248. The maximum atomic E-state index is 12.7. The summed E-state index contributed by atoms with van der Waals surface area (Å²) in [6, 6.07) is 7.14. The first kappa shape index (κ1) is 17.7. The number of aryl methyl sites for hydroxylation is 2. The first-order valence-corrected chi connectivity index (χ1v) is 8.98. The molecule has 0 radical (unpaired) electrons. The second-order valence-electron chi connectivity index (χ2n) is 6.80. The molecule has 0 bridgehead atoms. The number of aromatic nitrogens is 2. The van der Waals surface area contributed by atoms with E-state index in [1.54, 1.807) is 18.2 Å². The average Bonchev–Trinajstić information content (AvgIpc) is 2.57. The van der Waals surface area contributed by atoms with Gasteiger partial charge in [0.15, 0.2) is 0 Å². The van der Waals surface area contributed by atoms with Gasteiger partial charge in [-0.2, -0.15) is 0 Å². The Balaban J connectivity index is 1.84. The minimum absolute atomic E-state index is 0.248. The Hall–Kier alpha value is -2.14. The van der Waals surface area contributed by atoms with Crippen molar-refractivity contribution in [2.75, 3.05) is 23.3 Å². The first-order valence-electron chi connectivity index (χ1n) is 8.60. The van der Waals surface area contributed by atoms with Gasteiger partial charge >= 0.3 is 0 Å². The average molecular weight is 359 g/mol. The van der Waals surface area contributed by atoms with Crippen LogP contribution in [0, 0.1) is 19.8 Å². The first-order chi connectivity index (χ1) is 11.9. The van der Waals surface area contributed by atoms with Crippen molar-refractivity contribution in [1.82, 2.24) is 9.97 Å². The fourth-order valence-corrected chi connectivity index (χ4v) is 3.27. The maximum Gasteiger partial charge on any atom is 0.274 e. The van der Waals surface area contributed by atoms with Crippen molar-refractivity contribution >= 4 is 29.1 Å². The summed E-state index contributed by atoms with van der Waals surface area (Å²) >= 11 is 6.03. The highest BCUT2D eigenvalue weighted by atomic mass is 35.5. The molecule has 0 aliphatic carbocycles. The summed E-state index contributed by atoms with van der Waals surface area (Å²) in [5.74, 6) is 1.01. The van der Waals surface area contributed by atoms with Crippen molar-refractivity contribution in [3.05, 3.63) is 46.2 Å². The third-order valence-corrected chi connectivity index (χ3v) is 4.70. The van der Waals surface area contributed by atoms with Gasteiger partial charge in [0.2, 0.25) is 5.95 Å². The number of halogens is 1. The zero-order chi connectivity index (χ0) is 18.0. The third kappa shape index (κ3) is 4.28. The molecule has 1 amide bonds. The molecular formula is C19H23ClN4O. The summed E-state index contributed by atoms with van der Waals surface area (Å²) in [4.78, 5) is 23.9. The maximum absolute atomic E-state index is 12.7. The van der Waals surface area contributed by atoms with Crippen molar-refractivity contribution in [3.8, 4) is 0 Å². The van der Waals surface area contributed by atoms with Crippen molar-refractivity contribution in [2.45, 2.75) is 33.6 Å². The number of carbonyl (C=O) groups is 1. The van der Waals surface area contributed by atoms with E-state index >= 15 is 0 Å². The molecule has 25 heavy (non-hydrogen) atoms. The van der Waals surface area contributed by atoms with E-state index in [9.17, 15) is 4.79 Å². The number of amides is 1. The smallest absolute Gasteiger partial charge is 0.274 e. The molecule has 6 heteroatoms. The van der Waals surface area contributed by atoms with Gasteiger partial charge in [0.1, 0.15) is 5.69 Å². The molecule has 1 aliphatic heterocycles. The predicted octanol–water partition coefficient (Wildman–Crippen LogP) is 4.24. The van der Waals surface area contributed by atoms with Crippen LogP contribution < -0.4 is 10.2 Å². The highest BCUT2D eigenvalue weighted by molar-refractivity contribution is 6.31. The van der Waals surface area contributed by atoms with E-state index in [-0.39, 0.29) is 5.91 Å². The predicted molar refractivity (Wildman–Crippen MR) is 102 cm³/mol. The van der Waals surface area contributed by atoms with Crippen molar-refractivity contribution < 1.29 is 4.79 Å². The third-order valence-electron chi connectivity index (χ3n) is 4.46. The Morgan fingerprint density at radius 3 is 2.84 bits per heavy atom. The molecular weight excluding hydrogens is 336 g/mol. The quantitative estimate of drug-likeness (QED) is 0.891. The van der Waals surface area contributed by atoms with Crippen LogP contribution in [0.5, 0.6) is 0 Å². The van der Waals surface area contributed by atoms with Crippen LogP contribution in [0.3, 0.4) is 0 Å². The lowest BCUT2D eigenvalue weighted by atomic mass is 10.0. The van der Waals surface area contributed by atoms with Crippen LogP contribution in [-0.4, -0.2) is 29.0 Å². The summed E-state index contributed by atoms with van der Waals surface area (Å²) in [5, 5.41) is 3.49. The van der Waals surface area contributed by atoms with Crippen LogP contribution in [0.15, 0.2) is 24.3 Å². The lowest BCUT2D eigenvalue weighted by Gasteiger charge is -2.31. The van der Waals surface area contributed by atoms with E-state index in [0.29, 0.717) is 28.3 Å². The fourth-order valence-electron chi connectivity index (χ4n) is 3.10. The molecule has 1 unspecified atom stereocenters. The second-order valence-corrected chi connectivity index (χ2v) is 7.24. The highest BCUT2D eigenvalue weighted by Crippen LogP contribution is 2.23. The van der Waals surface area contributed by atoms with Gasteiger partial charge in [-0.05, 0) is 56.4 Å². The number of hydrogen-bond acceptors (Lipinski definition) is 4. The van der Waals surface area contributed by atoms with Crippen molar-refractivity contribution in [1.29, 1.82) is 0 Å². The summed E-state index contributed by atoms with van der Waals surface area (Å²) in [6.07, 6.45) is 2.35. The van der Waals surface area contributed by atoms with Gasteiger partial charge in [-0.15, -0.1) is 0 Å². The standard InChI is InChI=1S/C19H23ClN4O/c1-12-5-4-8-24(11-12)19-21-14(3)9-17(23-19)18(25)22-16-10-15(20)7-6-13(16)2/h6-7,9-10,12H,4-5,8,11H2,1-3H3,(H,22,25). The van der Waals surface area contributed by atoms with Crippen molar-refractivity contribution in [2.24, 2.45) is 5.92 Å². The lowest BCUT2D eigenvalue weighted by molar-refractivity contribution is 0.102. The topological polar surface area (TPSA) is 58.1 Å². The SMILES string of the molecule is Cc1cc(C(=O)Nc2cc(Cl)ccc2C)nc(N2CCCC(C)C2)n1. The lowest BCUT2D eigenvalue weighted by Crippen LogP contribution is -2.36. The molecule has 1 atom stereocenters. The largest absolute Gasteiger partial charge is 0.341 e. The second kappa shape index (κ2) is 7.40. The van der Waals surface area contributed by atoms with Crippen LogP contribution in [0.1, 0.15) is 41.5 Å². The number of nitrogens with one attached hydrogen (secondary N) is 1. The number of hydrogen-bond donors (Lipinski definition) is 1. The zero-order valence-corrected chi connectivity index (χ0v) is 15.6. The zero-order valence-electron chi connectivity index (χ0n) is 14.8. The molecule has 1 aromatic carbocycles. The van der Waals surface area contributed by atoms with Crippen LogP contribution in [-0.2, 0) is 0 Å². The number of piperidine rings is 1. The van der Waals surface area contributed by atoms with Crippen LogP contribution in [0.4, 0.5) is 11.6 Å². The molecule has 3 rings (SSSR count). The van der Waals surface area contributed by atoms with E-state index in [1.165, 1.54) is 6.42 Å². The number of anilines is 2. The van der Waals surface area contributed by atoms with Crippen LogP contribution in [0.2, 0.25) is 5.02 Å². The molecule has 1 fully saturated rings. The number of rotatable bonds is 3. The van der Waals surface area contributed by atoms with E-state index in [4.69, 9.17) is 11.6 Å². The Labute approximate surface area is 153 Å². The molecule has 1 aliphatic rings. The minimum Gasteiger partial charge on any atom is -0.341 e.